The van der Waals surface area contributed by atoms with Gasteiger partial charge in [0.05, 0.1) is 24.2 Å². The number of nitrogens with two attached hydrogens (primary N) is 1. The van der Waals surface area contributed by atoms with E-state index in [4.69, 9.17) is 10.9 Å². The van der Waals surface area contributed by atoms with Gasteiger partial charge in [-0.15, -0.1) is 0 Å². The molecule has 0 spiro atoms. The number of aromatic nitrogens is 1. The molecule has 0 bridgehead atoms. The lowest BCUT2D eigenvalue weighted by atomic mass is 10.3. The molecule has 0 aliphatic rings. The molecule has 4 nitrogen and oxygen atoms in total. The Bertz CT molecular complexity index is 174. The van der Waals surface area contributed by atoms with Crippen LogP contribution < -0.4 is 11.3 Å². The number of rotatable bonds is 2. The highest BCUT2D eigenvalue weighted by Crippen LogP contribution is 2.02. The van der Waals surface area contributed by atoms with Gasteiger partial charge in [-0.05, 0) is 12.1 Å². The highest BCUT2D eigenvalue weighted by Gasteiger charge is 1.90. The van der Waals surface area contributed by atoms with Crippen molar-refractivity contribution in [3.8, 4) is 0 Å². The van der Waals surface area contributed by atoms with E-state index in [1.54, 1.807) is 18.3 Å². The molecule has 0 atom stereocenters. The second-order valence-corrected chi connectivity index (χ2v) is 1.84. The fourth-order valence-electron chi connectivity index (χ4n) is 0.603. The normalized spacial score (nSPS) is 9.40. The van der Waals surface area contributed by atoms with E-state index in [1.807, 2.05) is 0 Å². The molecule has 0 aliphatic carbocycles. The molecule has 0 amide bonds. The van der Waals surface area contributed by atoms with Crippen LogP contribution in [0.25, 0.3) is 0 Å². The van der Waals surface area contributed by atoms with E-state index in [2.05, 4.69) is 10.4 Å². The number of pyridine rings is 1. The summed E-state index contributed by atoms with van der Waals surface area (Å²) in [6.07, 6.45) is 1.56. The molecule has 0 unspecified atom stereocenters. The van der Waals surface area contributed by atoms with Crippen LogP contribution in [-0.4, -0.2) is 10.1 Å². The third kappa shape index (κ3) is 1.43. The Morgan fingerprint density at radius 3 is 2.80 bits per heavy atom. The maximum absolute atomic E-state index is 8.59. The van der Waals surface area contributed by atoms with Gasteiger partial charge in [-0.2, -0.15) is 0 Å². The first kappa shape index (κ1) is 6.98. The molecule has 1 heterocycles. The highest BCUT2D eigenvalue weighted by atomic mass is 16.3. The van der Waals surface area contributed by atoms with E-state index in [9.17, 15) is 0 Å². The van der Waals surface area contributed by atoms with Crippen LogP contribution in [0.3, 0.4) is 0 Å². The maximum Gasteiger partial charge on any atom is 0.0852 e. The molecule has 1 aromatic rings. The van der Waals surface area contributed by atoms with Gasteiger partial charge in [-0.25, -0.2) is 0 Å². The number of nitrogen functional groups attached to an aromatic ring is 1. The third-order valence-electron chi connectivity index (χ3n) is 1.15. The van der Waals surface area contributed by atoms with Gasteiger partial charge in [-0.3, -0.25) is 10.8 Å². The summed E-state index contributed by atoms with van der Waals surface area (Å²) in [4.78, 5) is 3.88. The fourth-order valence-corrected chi connectivity index (χ4v) is 0.603. The predicted molar refractivity (Wildman–Crippen MR) is 38.0 cm³/mol. The Balaban J connectivity index is 2.80. The molecule has 0 saturated heterocycles. The number of hydrogen-bond acceptors (Lipinski definition) is 4. The van der Waals surface area contributed by atoms with Gasteiger partial charge in [0, 0.05) is 0 Å². The number of aliphatic hydroxyl groups is 1. The summed E-state index contributed by atoms with van der Waals surface area (Å²) in [5, 5.41) is 8.59. The number of hydrazine groups is 1. The molecule has 0 fully saturated rings. The van der Waals surface area contributed by atoms with Crippen molar-refractivity contribution in [2.75, 3.05) is 5.43 Å². The van der Waals surface area contributed by atoms with Crippen molar-refractivity contribution in [1.82, 2.24) is 4.98 Å². The number of aliphatic hydroxyl groups excluding tert-OH is 1. The second kappa shape index (κ2) is 3.14. The zero-order valence-electron chi connectivity index (χ0n) is 5.41. The summed E-state index contributed by atoms with van der Waals surface area (Å²) >= 11 is 0. The summed E-state index contributed by atoms with van der Waals surface area (Å²) in [6, 6.07) is 3.45. The van der Waals surface area contributed by atoms with Gasteiger partial charge in [0.2, 0.25) is 0 Å². The molecule has 1 rings (SSSR count). The predicted octanol–water partition coefficient (Wildman–Crippen LogP) is -0.140. The van der Waals surface area contributed by atoms with Crippen molar-refractivity contribution in [1.29, 1.82) is 0 Å². The average molecular weight is 139 g/mol. The maximum atomic E-state index is 8.59. The lowest BCUT2D eigenvalue weighted by molar-refractivity contribution is 0.277. The molecule has 0 radical (unpaired) electrons. The van der Waals surface area contributed by atoms with Gasteiger partial charge in [0.25, 0.3) is 0 Å². The van der Waals surface area contributed by atoms with Crippen LogP contribution in [0.4, 0.5) is 5.69 Å². The monoisotopic (exact) mass is 139 g/mol. The molecule has 4 heteroatoms. The Labute approximate surface area is 58.7 Å². The first-order chi connectivity index (χ1) is 4.86. The highest BCUT2D eigenvalue weighted by molar-refractivity contribution is 5.39. The Kier molecular flexibility index (Phi) is 2.20. The minimum absolute atomic E-state index is 0.0369. The topological polar surface area (TPSA) is 71.2 Å². The van der Waals surface area contributed by atoms with Crippen LogP contribution in [0, 0.1) is 0 Å². The van der Waals surface area contributed by atoms with Crippen LogP contribution >= 0.6 is 0 Å². The Morgan fingerprint density at radius 1 is 1.60 bits per heavy atom. The van der Waals surface area contributed by atoms with Crippen molar-refractivity contribution in [2.24, 2.45) is 5.84 Å². The average Bonchev–Trinajstić information content (AvgIpc) is 2.05. The van der Waals surface area contributed by atoms with Gasteiger partial charge in [-0.1, -0.05) is 0 Å². The largest absolute Gasteiger partial charge is 0.390 e. The van der Waals surface area contributed by atoms with Crippen molar-refractivity contribution < 1.29 is 5.11 Å². The van der Waals surface area contributed by atoms with Crippen LogP contribution in [0.1, 0.15) is 5.69 Å². The molecule has 0 aromatic carbocycles. The molecule has 4 N–H and O–H groups in total. The third-order valence-corrected chi connectivity index (χ3v) is 1.15. The van der Waals surface area contributed by atoms with Crippen molar-refractivity contribution >= 4 is 5.69 Å². The zero-order valence-corrected chi connectivity index (χ0v) is 5.41. The van der Waals surface area contributed by atoms with Gasteiger partial charge in [0.1, 0.15) is 0 Å². The standard InChI is InChI=1S/C6H9N3O/c7-9-5-1-2-6(4-10)8-3-5/h1-3,9-10H,4,7H2. The summed E-state index contributed by atoms with van der Waals surface area (Å²) in [6.45, 7) is -0.0369. The Morgan fingerprint density at radius 2 is 2.40 bits per heavy atom. The summed E-state index contributed by atoms with van der Waals surface area (Å²) < 4.78 is 0. The molecule has 54 valence electrons. The molecular formula is C6H9N3O. The molecular weight excluding hydrogens is 130 g/mol. The summed E-state index contributed by atoms with van der Waals surface area (Å²) in [5.74, 6) is 5.09. The van der Waals surface area contributed by atoms with E-state index in [0.717, 1.165) is 5.69 Å². The Hall–Kier alpha value is -1.13. The van der Waals surface area contributed by atoms with Crippen molar-refractivity contribution in [2.45, 2.75) is 6.61 Å². The SMILES string of the molecule is NNc1ccc(CO)nc1. The van der Waals surface area contributed by atoms with Crippen LogP contribution in [-0.2, 0) is 6.61 Å². The fraction of sp³-hybridized carbons (Fsp3) is 0.167. The molecule has 0 aliphatic heterocycles. The first-order valence-electron chi connectivity index (χ1n) is 2.89. The molecule has 0 saturated carbocycles. The van der Waals surface area contributed by atoms with E-state index in [0.29, 0.717) is 5.69 Å². The summed E-state index contributed by atoms with van der Waals surface area (Å²) in [7, 11) is 0. The van der Waals surface area contributed by atoms with Crippen LogP contribution in [0.15, 0.2) is 18.3 Å². The number of nitrogens with zero attached hydrogens (tertiary/aromatic N) is 1. The van der Waals surface area contributed by atoms with E-state index < -0.39 is 0 Å². The first-order valence-corrected chi connectivity index (χ1v) is 2.89. The van der Waals surface area contributed by atoms with Gasteiger partial charge >= 0.3 is 0 Å². The lowest BCUT2D eigenvalue weighted by Crippen LogP contribution is -2.06. The lowest BCUT2D eigenvalue weighted by Gasteiger charge is -1.98. The van der Waals surface area contributed by atoms with Crippen molar-refractivity contribution in [3.63, 3.8) is 0 Å². The van der Waals surface area contributed by atoms with Gasteiger partial charge < -0.3 is 10.5 Å². The number of anilines is 1. The number of nitrogens with one attached hydrogen (secondary N) is 1. The van der Waals surface area contributed by atoms with Gasteiger partial charge in [0.15, 0.2) is 0 Å². The van der Waals surface area contributed by atoms with E-state index in [1.165, 1.54) is 0 Å². The smallest absolute Gasteiger partial charge is 0.0852 e. The second-order valence-electron chi connectivity index (χ2n) is 1.84. The zero-order chi connectivity index (χ0) is 7.40. The minimum Gasteiger partial charge on any atom is -0.390 e. The minimum atomic E-state index is -0.0369. The quantitative estimate of drug-likeness (QED) is 0.394. The molecule has 1 aromatic heterocycles. The van der Waals surface area contributed by atoms with Crippen molar-refractivity contribution in [3.05, 3.63) is 24.0 Å². The molecule has 10 heavy (non-hydrogen) atoms. The van der Waals surface area contributed by atoms with E-state index >= 15 is 0 Å². The summed E-state index contributed by atoms with van der Waals surface area (Å²) in [5.41, 5.74) is 3.81. The van der Waals surface area contributed by atoms with Crippen LogP contribution in [0.2, 0.25) is 0 Å². The number of hydrogen-bond donors (Lipinski definition) is 3. The van der Waals surface area contributed by atoms with Crippen LogP contribution in [0.5, 0.6) is 0 Å². The van der Waals surface area contributed by atoms with E-state index in [-0.39, 0.29) is 6.61 Å².